The molecule has 0 aromatic heterocycles. The first-order chi connectivity index (χ1) is 5.85. The van der Waals surface area contributed by atoms with E-state index in [9.17, 15) is 0 Å². The third kappa shape index (κ3) is 6.58. The van der Waals surface area contributed by atoms with E-state index in [4.69, 9.17) is 14.2 Å². The zero-order chi connectivity index (χ0) is 9.23. The Bertz CT molecular complexity index is 77.8. The third-order valence-electron chi connectivity index (χ3n) is 1.20. The Hall–Kier alpha value is -0.120. The molecule has 0 rings (SSSR count). The van der Waals surface area contributed by atoms with E-state index in [1.807, 2.05) is 13.8 Å². The quantitative estimate of drug-likeness (QED) is 0.564. The maximum Gasteiger partial charge on any atom is 0.250 e. The zero-order valence-electron chi connectivity index (χ0n) is 8.26. The van der Waals surface area contributed by atoms with Gasteiger partial charge >= 0.3 is 0 Å². The lowest BCUT2D eigenvalue weighted by atomic mass is 10.5. The molecule has 0 fully saturated rings. The summed E-state index contributed by atoms with van der Waals surface area (Å²) in [5.74, 6) is 0. The van der Waals surface area contributed by atoms with Gasteiger partial charge in [-0.1, -0.05) is 6.92 Å². The van der Waals surface area contributed by atoms with Gasteiger partial charge in [0.1, 0.15) is 6.61 Å². The van der Waals surface area contributed by atoms with Gasteiger partial charge in [0.2, 0.25) is 6.29 Å². The molecule has 0 atom stereocenters. The number of hydrogen-bond donors (Lipinski definition) is 0. The summed E-state index contributed by atoms with van der Waals surface area (Å²) in [4.78, 5) is 0. The molecule has 0 aliphatic rings. The first-order valence-electron chi connectivity index (χ1n) is 4.54. The monoisotopic (exact) mass is 175 g/mol. The average Bonchev–Trinajstić information content (AvgIpc) is 2.10. The van der Waals surface area contributed by atoms with Gasteiger partial charge in [0.15, 0.2) is 0 Å². The average molecular weight is 175 g/mol. The molecule has 0 saturated heterocycles. The van der Waals surface area contributed by atoms with Crippen LogP contribution in [0.3, 0.4) is 0 Å². The minimum Gasteiger partial charge on any atom is -0.376 e. The second-order valence-electron chi connectivity index (χ2n) is 2.29. The molecule has 0 unspecified atom stereocenters. The molecule has 0 heterocycles. The Morgan fingerprint density at radius 3 is 2.25 bits per heavy atom. The Morgan fingerprint density at radius 2 is 1.75 bits per heavy atom. The topological polar surface area (TPSA) is 27.7 Å². The fourth-order valence-corrected chi connectivity index (χ4v) is 0.687. The minimum absolute atomic E-state index is 0.449. The van der Waals surface area contributed by atoms with Crippen LogP contribution < -0.4 is 0 Å². The molecule has 0 N–H and O–H groups in total. The molecule has 73 valence electrons. The predicted octanol–water partition coefficient (Wildman–Crippen LogP) is 1.98. The molecule has 1 radical (unpaired) electrons. The molecule has 0 aromatic rings. The third-order valence-corrected chi connectivity index (χ3v) is 1.20. The van der Waals surface area contributed by atoms with Crippen LogP contribution in [0, 0.1) is 6.29 Å². The van der Waals surface area contributed by atoms with Crippen LogP contribution in [-0.4, -0.2) is 26.4 Å². The van der Waals surface area contributed by atoms with E-state index in [0.29, 0.717) is 32.7 Å². The molecule has 0 spiro atoms. The second kappa shape index (κ2) is 8.97. The maximum atomic E-state index is 5.30. The van der Waals surface area contributed by atoms with Crippen molar-refractivity contribution in [1.29, 1.82) is 0 Å². The van der Waals surface area contributed by atoms with Crippen molar-refractivity contribution in [3.05, 3.63) is 6.29 Å². The molecule has 0 amide bonds. The van der Waals surface area contributed by atoms with Crippen LogP contribution in [0.25, 0.3) is 0 Å². The van der Waals surface area contributed by atoms with E-state index in [0.717, 1.165) is 6.42 Å². The van der Waals surface area contributed by atoms with Gasteiger partial charge in [0, 0.05) is 13.2 Å². The Labute approximate surface area is 75.0 Å². The minimum atomic E-state index is 0.449. The van der Waals surface area contributed by atoms with Crippen LogP contribution in [-0.2, 0) is 14.2 Å². The summed E-state index contributed by atoms with van der Waals surface area (Å²) in [7, 11) is 0. The van der Waals surface area contributed by atoms with Gasteiger partial charge in [0.05, 0.1) is 6.61 Å². The highest BCUT2D eigenvalue weighted by Crippen LogP contribution is 2.05. The van der Waals surface area contributed by atoms with E-state index < -0.39 is 0 Å². The second-order valence-corrected chi connectivity index (χ2v) is 2.29. The van der Waals surface area contributed by atoms with Crippen LogP contribution in [0.4, 0.5) is 0 Å². The first kappa shape index (κ1) is 11.9. The molecular formula is C9H19O3. The maximum absolute atomic E-state index is 5.30. The molecule has 0 aliphatic heterocycles. The molecule has 0 bridgehead atoms. The van der Waals surface area contributed by atoms with Crippen molar-refractivity contribution >= 4 is 0 Å². The molecule has 12 heavy (non-hydrogen) atoms. The normalized spacial score (nSPS) is 11.0. The largest absolute Gasteiger partial charge is 0.376 e. The van der Waals surface area contributed by atoms with Crippen LogP contribution in [0.2, 0.25) is 0 Å². The summed E-state index contributed by atoms with van der Waals surface area (Å²) in [6, 6.07) is 0. The van der Waals surface area contributed by atoms with Crippen molar-refractivity contribution in [2.45, 2.75) is 27.2 Å². The number of rotatable bonds is 8. The SMILES string of the molecule is CCCO[C](COCC)OCC. The van der Waals surface area contributed by atoms with E-state index >= 15 is 0 Å². The smallest absolute Gasteiger partial charge is 0.250 e. The summed E-state index contributed by atoms with van der Waals surface area (Å²) >= 11 is 0. The van der Waals surface area contributed by atoms with Gasteiger partial charge in [0.25, 0.3) is 0 Å². The summed E-state index contributed by atoms with van der Waals surface area (Å²) in [6.45, 7) is 8.40. The zero-order valence-corrected chi connectivity index (χ0v) is 8.26. The Balaban J connectivity index is 3.40. The molecule has 3 nitrogen and oxygen atoms in total. The van der Waals surface area contributed by atoms with Crippen LogP contribution in [0.15, 0.2) is 0 Å². The highest BCUT2D eigenvalue weighted by atomic mass is 16.7. The molecule has 3 heteroatoms. The lowest BCUT2D eigenvalue weighted by Gasteiger charge is -2.14. The number of ether oxygens (including phenoxy) is 3. The fraction of sp³-hybridized carbons (Fsp3) is 0.889. The lowest BCUT2D eigenvalue weighted by Crippen LogP contribution is -2.15. The predicted molar refractivity (Wildman–Crippen MR) is 47.6 cm³/mol. The Kier molecular flexibility index (Phi) is 8.88. The Morgan fingerprint density at radius 1 is 1.00 bits per heavy atom. The van der Waals surface area contributed by atoms with Crippen molar-refractivity contribution in [1.82, 2.24) is 0 Å². The molecular weight excluding hydrogens is 156 g/mol. The highest BCUT2D eigenvalue weighted by molar-refractivity contribution is 4.63. The standard InChI is InChI=1S/C9H19O3/c1-4-7-12-9(11-6-3)8-10-5-2/h4-8H2,1-3H3. The van der Waals surface area contributed by atoms with E-state index in [2.05, 4.69) is 6.92 Å². The van der Waals surface area contributed by atoms with E-state index in [1.54, 1.807) is 0 Å². The lowest BCUT2D eigenvalue weighted by molar-refractivity contribution is -0.0798. The highest BCUT2D eigenvalue weighted by Gasteiger charge is 2.09. The molecule has 0 saturated carbocycles. The summed E-state index contributed by atoms with van der Waals surface area (Å²) < 4.78 is 15.7. The summed E-state index contributed by atoms with van der Waals surface area (Å²) in [5.41, 5.74) is 0. The van der Waals surface area contributed by atoms with Crippen molar-refractivity contribution < 1.29 is 14.2 Å². The van der Waals surface area contributed by atoms with Crippen LogP contribution >= 0.6 is 0 Å². The van der Waals surface area contributed by atoms with Crippen molar-refractivity contribution in [2.75, 3.05) is 26.4 Å². The van der Waals surface area contributed by atoms with Crippen molar-refractivity contribution in [3.63, 3.8) is 0 Å². The molecule has 0 aliphatic carbocycles. The van der Waals surface area contributed by atoms with Gasteiger partial charge < -0.3 is 14.2 Å². The van der Waals surface area contributed by atoms with Gasteiger partial charge in [-0.15, -0.1) is 0 Å². The van der Waals surface area contributed by atoms with Crippen molar-refractivity contribution in [3.8, 4) is 0 Å². The van der Waals surface area contributed by atoms with E-state index in [1.165, 1.54) is 0 Å². The van der Waals surface area contributed by atoms with Gasteiger partial charge in [-0.3, -0.25) is 0 Å². The van der Waals surface area contributed by atoms with Crippen molar-refractivity contribution in [2.24, 2.45) is 0 Å². The molecule has 0 aromatic carbocycles. The fourth-order valence-electron chi connectivity index (χ4n) is 0.687. The van der Waals surface area contributed by atoms with E-state index in [-0.39, 0.29) is 0 Å². The van der Waals surface area contributed by atoms with Gasteiger partial charge in [-0.25, -0.2) is 0 Å². The van der Waals surface area contributed by atoms with Crippen LogP contribution in [0.5, 0.6) is 0 Å². The number of hydrogen-bond acceptors (Lipinski definition) is 3. The summed E-state index contributed by atoms with van der Waals surface area (Å²) in [6.07, 6.45) is 1.59. The summed E-state index contributed by atoms with van der Waals surface area (Å²) in [5, 5.41) is 0. The van der Waals surface area contributed by atoms with Crippen LogP contribution in [0.1, 0.15) is 27.2 Å². The van der Waals surface area contributed by atoms with Gasteiger partial charge in [-0.2, -0.15) is 0 Å². The van der Waals surface area contributed by atoms with Gasteiger partial charge in [-0.05, 0) is 20.3 Å². The first-order valence-corrected chi connectivity index (χ1v) is 4.54.